The van der Waals surface area contributed by atoms with Crippen molar-refractivity contribution in [3.8, 4) is 11.1 Å². The van der Waals surface area contributed by atoms with Crippen molar-refractivity contribution < 1.29 is 0 Å². The van der Waals surface area contributed by atoms with E-state index in [0.717, 1.165) is 12.8 Å². The van der Waals surface area contributed by atoms with Crippen molar-refractivity contribution in [2.24, 2.45) is 0 Å². The molecule has 0 amide bonds. The van der Waals surface area contributed by atoms with E-state index in [1.807, 2.05) is 0 Å². The van der Waals surface area contributed by atoms with E-state index in [1.165, 1.54) is 82.8 Å². The molecule has 3 aliphatic carbocycles. The monoisotopic (exact) mass is 627 g/mol. The number of fused-ring (bicyclic) bond motifs is 11. The zero-order chi connectivity index (χ0) is 32.7. The predicted octanol–water partition coefficient (Wildman–Crippen LogP) is 10.4. The molecule has 0 aliphatic heterocycles. The minimum Gasteiger partial charge on any atom is -0.313 e. The zero-order valence-electron chi connectivity index (χ0n) is 27.9. The Labute approximate surface area is 288 Å². The second-order valence-electron chi connectivity index (χ2n) is 14.4. The summed E-state index contributed by atoms with van der Waals surface area (Å²) in [6.07, 6.45) is 4.39. The molecule has 234 valence electrons. The van der Waals surface area contributed by atoms with Crippen LogP contribution in [0.4, 0.5) is 11.4 Å². The Hall–Kier alpha value is -5.66. The van der Waals surface area contributed by atoms with Crippen LogP contribution >= 0.6 is 0 Å². The van der Waals surface area contributed by atoms with E-state index in [2.05, 4.69) is 183 Å². The Balaban J connectivity index is 1.30. The number of hydrogen-bond donors (Lipinski definition) is 0. The molecule has 10 rings (SSSR count). The van der Waals surface area contributed by atoms with Crippen LogP contribution in [0.2, 0.25) is 0 Å². The van der Waals surface area contributed by atoms with Crippen LogP contribution in [-0.4, -0.2) is 0 Å². The van der Waals surface area contributed by atoms with Crippen LogP contribution in [0.5, 0.6) is 0 Å². The van der Waals surface area contributed by atoms with E-state index in [1.54, 1.807) is 0 Å². The molecule has 0 unspecified atom stereocenters. The molecule has 0 N–H and O–H groups in total. The van der Waals surface area contributed by atoms with Crippen molar-refractivity contribution >= 4 is 33.9 Å². The lowest BCUT2D eigenvalue weighted by Crippen LogP contribution is -2.40. The summed E-state index contributed by atoms with van der Waals surface area (Å²) in [6, 6.07) is 59.3. The molecule has 0 bridgehead atoms. The molecule has 0 aromatic heterocycles. The van der Waals surface area contributed by atoms with Gasteiger partial charge < -0.3 is 4.90 Å². The van der Waals surface area contributed by atoms with Crippen molar-refractivity contribution in [3.63, 3.8) is 0 Å². The van der Waals surface area contributed by atoms with Crippen LogP contribution < -0.4 is 15.3 Å². The van der Waals surface area contributed by atoms with E-state index in [-0.39, 0.29) is 5.41 Å². The Morgan fingerprint density at radius 2 is 1.12 bits per heavy atom. The maximum Gasteiger partial charge on any atom is 0.0719 e. The first kappa shape index (κ1) is 28.4. The van der Waals surface area contributed by atoms with Crippen LogP contribution in [0, 0.1) is 0 Å². The number of hydrogen-bond acceptors (Lipinski definition) is 1. The first-order valence-corrected chi connectivity index (χ1v) is 17.6. The standard InChI is InChI=1S/C48H37N/c1-47(2)41-23-9-11-25-43(41)48(44-26-12-10-24-42(44)47)39-22-8-7-21-37(39)38-31-34(29-30-40(38)48)49(45-27-13-17-32-15-3-5-19-35(32)45)46-28-14-18-33-16-4-6-20-36(33)46/h3-13,15-27,29-31H,14,28H2,1-2H3. The lowest BCUT2D eigenvalue weighted by molar-refractivity contribution is 0.563. The van der Waals surface area contributed by atoms with Gasteiger partial charge in [0.05, 0.1) is 11.1 Å². The zero-order valence-corrected chi connectivity index (χ0v) is 27.9. The van der Waals surface area contributed by atoms with Gasteiger partial charge in [-0.1, -0.05) is 159 Å². The predicted molar refractivity (Wildman–Crippen MR) is 205 cm³/mol. The Kier molecular flexibility index (Phi) is 6.03. The van der Waals surface area contributed by atoms with Crippen molar-refractivity contribution in [2.45, 2.75) is 37.5 Å². The molecular weight excluding hydrogens is 591 g/mol. The molecule has 7 aromatic rings. The van der Waals surface area contributed by atoms with Crippen LogP contribution in [0.1, 0.15) is 60.1 Å². The van der Waals surface area contributed by atoms with Gasteiger partial charge in [-0.05, 0) is 86.2 Å². The highest BCUT2D eigenvalue weighted by Crippen LogP contribution is 2.62. The van der Waals surface area contributed by atoms with Gasteiger partial charge in [0.25, 0.3) is 0 Å². The molecule has 3 aliphatic rings. The molecule has 49 heavy (non-hydrogen) atoms. The van der Waals surface area contributed by atoms with Gasteiger partial charge in [-0.3, -0.25) is 0 Å². The SMILES string of the molecule is CC1(C)c2ccccc2C2(c3ccccc3-c3cc(N(C4=c5ccccc5=CCC4)c4cccc5ccccc45)ccc32)c2ccccc21. The maximum absolute atomic E-state index is 2.56. The molecule has 0 saturated heterocycles. The normalized spacial score (nSPS) is 15.8. The minimum atomic E-state index is -0.392. The Morgan fingerprint density at radius 1 is 0.510 bits per heavy atom. The summed E-state index contributed by atoms with van der Waals surface area (Å²) in [5.41, 5.74) is 14.3. The fourth-order valence-electron chi connectivity index (χ4n) is 9.50. The van der Waals surface area contributed by atoms with Crippen LogP contribution in [0.3, 0.4) is 0 Å². The first-order chi connectivity index (χ1) is 24.1. The van der Waals surface area contributed by atoms with Gasteiger partial charge in [0, 0.05) is 27.4 Å². The van der Waals surface area contributed by atoms with Crippen molar-refractivity contribution in [2.75, 3.05) is 4.90 Å². The summed E-state index contributed by atoms with van der Waals surface area (Å²) in [6.45, 7) is 4.78. The molecule has 1 spiro atoms. The first-order valence-electron chi connectivity index (χ1n) is 17.6. The van der Waals surface area contributed by atoms with Crippen LogP contribution in [-0.2, 0) is 10.8 Å². The number of benzene rings is 7. The summed E-state index contributed by atoms with van der Waals surface area (Å²) in [5.74, 6) is 0. The highest BCUT2D eigenvalue weighted by Gasteiger charge is 2.53. The lowest BCUT2D eigenvalue weighted by atomic mass is 9.55. The van der Waals surface area contributed by atoms with Gasteiger partial charge in [-0.2, -0.15) is 0 Å². The summed E-state index contributed by atoms with van der Waals surface area (Å²) in [5, 5.41) is 5.15. The molecule has 0 atom stereocenters. The number of nitrogens with zero attached hydrogens (tertiary/aromatic N) is 1. The van der Waals surface area contributed by atoms with Crippen molar-refractivity contribution in [3.05, 3.63) is 202 Å². The highest BCUT2D eigenvalue weighted by atomic mass is 15.2. The minimum absolute atomic E-state index is 0.108. The third kappa shape index (κ3) is 3.82. The molecule has 0 fully saturated rings. The van der Waals surface area contributed by atoms with E-state index in [9.17, 15) is 0 Å². The topological polar surface area (TPSA) is 3.24 Å². The third-order valence-electron chi connectivity index (χ3n) is 11.6. The fourth-order valence-corrected chi connectivity index (χ4v) is 9.50. The molecule has 0 saturated carbocycles. The van der Waals surface area contributed by atoms with Gasteiger partial charge in [0.1, 0.15) is 0 Å². The molecule has 1 heteroatoms. The van der Waals surface area contributed by atoms with E-state index in [0.29, 0.717) is 0 Å². The number of anilines is 2. The maximum atomic E-state index is 2.56. The quantitative estimate of drug-likeness (QED) is 0.188. The molecular formula is C48H37N. The van der Waals surface area contributed by atoms with Gasteiger partial charge in [-0.15, -0.1) is 0 Å². The molecule has 0 heterocycles. The van der Waals surface area contributed by atoms with Crippen molar-refractivity contribution in [1.82, 2.24) is 0 Å². The van der Waals surface area contributed by atoms with Gasteiger partial charge in [-0.25, -0.2) is 0 Å². The molecule has 0 radical (unpaired) electrons. The van der Waals surface area contributed by atoms with Crippen LogP contribution in [0.15, 0.2) is 158 Å². The van der Waals surface area contributed by atoms with E-state index < -0.39 is 5.41 Å². The van der Waals surface area contributed by atoms with Gasteiger partial charge in [0.15, 0.2) is 0 Å². The highest BCUT2D eigenvalue weighted by molar-refractivity contribution is 6.01. The second-order valence-corrected chi connectivity index (χ2v) is 14.4. The van der Waals surface area contributed by atoms with Gasteiger partial charge in [0.2, 0.25) is 0 Å². The average molecular weight is 628 g/mol. The molecule has 7 aromatic carbocycles. The van der Waals surface area contributed by atoms with Crippen molar-refractivity contribution in [1.29, 1.82) is 0 Å². The third-order valence-corrected chi connectivity index (χ3v) is 11.6. The lowest BCUT2D eigenvalue weighted by Gasteiger charge is -2.46. The average Bonchev–Trinajstić information content (AvgIpc) is 3.45. The van der Waals surface area contributed by atoms with E-state index in [4.69, 9.17) is 0 Å². The fraction of sp³-hybridized carbons (Fsp3) is 0.125. The van der Waals surface area contributed by atoms with Crippen LogP contribution in [0.25, 0.3) is 33.7 Å². The number of rotatable bonds is 3. The largest absolute Gasteiger partial charge is 0.313 e. The summed E-state index contributed by atoms with van der Waals surface area (Å²) >= 11 is 0. The summed E-state index contributed by atoms with van der Waals surface area (Å²) < 4.78 is 0. The Bertz CT molecular complexity index is 2550. The smallest absolute Gasteiger partial charge is 0.0719 e. The Morgan fingerprint density at radius 3 is 1.92 bits per heavy atom. The summed E-state index contributed by atoms with van der Waals surface area (Å²) in [4.78, 5) is 2.56. The van der Waals surface area contributed by atoms with E-state index >= 15 is 0 Å². The van der Waals surface area contributed by atoms with Gasteiger partial charge >= 0.3 is 0 Å². The second kappa shape index (κ2) is 10.4. The summed E-state index contributed by atoms with van der Waals surface area (Å²) in [7, 11) is 0. The molecule has 1 nitrogen and oxygen atoms in total.